The molecule has 0 bridgehead atoms. The Morgan fingerprint density at radius 2 is 1.82 bits per heavy atom. The highest BCUT2D eigenvalue weighted by Crippen LogP contribution is 2.31. The van der Waals surface area contributed by atoms with E-state index in [0.29, 0.717) is 23.9 Å². The first-order chi connectivity index (χ1) is 10.7. The summed E-state index contributed by atoms with van der Waals surface area (Å²) in [6.45, 7) is 3.27. The largest absolute Gasteiger partial charge is 0.506 e. The molecule has 0 fully saturated rings. The quantitative estimate of drug-likeness (QED) is 0.775. The summed E-state index contributed by atoms with van der Waals surface area (Å²) in [5.74, 6) is 1.72. The zero-order valence-corrected chi connectivity index (χ0v) is 12.7. The topological polar surface area (TPSA) is 43.6 Å². The van der Waals surface area contributed by atoms with Gasteiger partial charge in [-0.25, -0.2) is 0 Å². The minimum Gasteiger partial charge on any atom is -0.506 e. The summed E-state index contributed by atoms with van der Waals surface area (Å²) >= 11 is 0. The van der Waals surface area contributed by atoms with Crippen molar-refractivity contribution >= 4 is 10.9 Å². The van der Waals surface area contributed by atoms with Gasteiger partial charge in [0, 0.05) is 23.7 Å². The number of aryl methyl sites for hydroxylation is 1. The smallest absolute Gasteiger partial charge is 0.161 e. The maximum atomic E-state index is 10.1. The summed E-state index contributed by atoms with van der Waals surface area (Å²) in [5.41, 5.74) is 1.89. The van der Waals surface area contributed by atoms with Crippen molar-refractivity contribution in [2.45, 2.75) is 20.1 Å². The Morgan fingerprint density at radius 3 is 2.55 bits per heavy atom. The van der Waals surface area contributed by atoms with Crippen LogP contribution in [0.5, 0.6) is 17.2 Å². The third-order valence-electron chi connectivity index (χ3n) is 3.75. The normalized spacial score (nSPS) is 10.8. The number of nitrogens with zero attached hydrogens (tertiary/aromatic N) is 1. The third-order valence-corrected chi connectivity index (χ3v) is 3.75. The number of para-hydroxylation sites is 3. The molecule has 0 atom stereocenters. The van der Waals surface area contributed by atoms with Crippen LogP contribution in [0.4, 0.5) is 0 Å². The van der Waals surface area contributed by atoms with E-state index in [4.69, 9.17) is 9.47 Å². The molecule has 0 aliphatic rings. The molecule has 0 aliphatic carbocycles. The summed E-state index contributed by atoms with van der Waals surface area (Å²) in [6, 6.07) is 13.1. The number of ether oxygens (including phenoxy) is 2. The van der Waals surface area contributed by atoms with Crippen molar-refractivity contribution in [2.24, 2.45) is 0 Å². The number of benzene rings is 2. The number of phenolic OH excluding ortho intramolecular Hbond substituents is 1. The van der Waals surface area contributed by atoms with Gasteiger partial charge < -0.3 is 19.1 Å². The lowest BCUT2D eigenvalue weighted by Crippen LogP contribution is -1.97. The van der Waals surface area contributed by atoms with Gasteiger partial charge in [-0.1, -0.05) is 24.3 Å². The molecular weight excluding hydrogens is 278 g/mol. The van der Waals surface area contributed by atoms with E-state index in [1.54, 1.807) is 13.2 Å². The third kappa shape index (κ3) is 2.48. The summed E-state index contributed by atoms with van der Waals surface area (Å²) in [7, 11) is 1.63. The molecule has 0 aliphatic heterocycles. The summed E-state index contributed by atoms with van der Waals surface area (Å²) < 4.78 is 13.2. The van der Waals surface area contributed by atoms with Crippen molar-refractivity contribution < 1.29 is 14.6 Å². The molecule has 0 saturated carbocycles. The zero-order valence-electron chi connectivity index (χ0n) is 12.7. The highest BCUT2D eigenvalue weighted by Gasteiger charge is 2.12. The number of methoxy groups -OCH3 is 1. The first-order valence-corrected chi connectivity index (χ1v) is 7.30. The molecule has 3 aromatic rings. The van der Waals surface area contributed by atoms with E-state index >= 15 is 0 Å². The van der Waals surface area contributed by atoms with Crippen LogP contribution in [0.15, 0.2) is 48.7 Å². The van der Waals surface area contributed by atoms with Gasteiger partial charge in [0.1, 0.15) is 12.4 Å². The van der Waals surface area contributed by atoms with E-state index in [1.807, 2.05) is 47.2 Å². The van der Waals surface area contributed by atoms with Crippen molar-refractivity contribution in [3.63, 3.8) is 0 Å². The molecule has 22 heavy (non-hydrogen) atoms. The zero-order chi connectivity index (χ0) is 15.5. The van der Waals surface area contributed by atoms with Crippen LogP contribution in [-0.4, -0.2) is 16.8 Å². The maximum absolute atomic E-state index is 10.1. The first-order valence-electron chi connectivity index (χ1n) is 7.30. The number of phenols is 1. The highest BCUT2D eigenvalue weighted by molar-refractivity contribution is 5.88. The number of aromatic hydroxyl groups is 1. The molecular formula is C18H19NO3. The van der Waals surface area contributed by atoms with Crippen LogP contribution in [0, 0.1) is 0 Å². The van der Waals surface area contributed by atoms with Gasteiger partial charge in [0.15, 0.2) is 11.5 Å². The van der Waals surface area contributed by atoms with E-state index in [1.165, 1.54) is 0 Å². The second-order valence-electron chi connectivity index (χ2n) is 5.05. The molecule has 0 saturated heterocycles. The fraction of sp³-hybridized carbons (Fsp3) is 0.222. The summed E-state index contributed by atoms with van der Waals surface area (Å²) in [6.07, 6.45) is 2.03. The number of fused-ring (bicyclic) bond motifs is 1. The standard InChI is InChI=1S/C18H19NO3/c1-3-19-11-13(14-7-6-8-15(20)18(14)19)12-22-17-10-5-4-9-16(17)21-2/h4-11,20H,3,12H2,1-2H3. The van der Waals surface area contributed by atoms with Crippen molar-refractivity contribution in [3.8, 4) is 17.2 Å². The van der Waals surface area contributed by atoms with Gasteiger partial charge in [0.05, 0.1) is 12.6 Å². The van der Waals surface area contributed by atoms with Crippen LogP contribution in [-0.2, 0) is 13.2 Å². The number of hydrogen-bond acceptors (Lipinski definition) is 3. The van der Waals surface area contributed by atoms with Gasteiger partial charge in [0.25, 0.3) is 0 Å². The van der Waals surface area contributed by atoms with Gasteiger partial charge in [-0.05, 0) is 25.1 Å². The minimum absolute atomic E-state index is 0.294. The molecule has 0 spiro atoms. The van der Waals surface area contributed by atoms with Gasteiger partial charge in [-0.15, -0.1) is 0 Å². The molecule has 1 aromatic heterocycles. The summed E-state index contributed by atoms with van der Waals surface area (Å²) in [5, 5.41) is 11.1. The number of rotatable bonds is 5. The molecule has 4 heteroatoms. The lowest BCUT2D eigenvalue weighted by Gasteiger charge is -2.09. The van der Waals surface area contributed by atoms with Gasteiger partial charge in [-0.3, -0.25) is 0 Å². The lowest BCUT2D eigenvalue weighted by atomic mass is 10.2. The Balaban J connectivity index is 1.93. The predicted octanol–water partition coefficient (Wildman–Crippen LogP) is 3.95. The fourth-order valence-electron chi connectivity index (χ4n) is 2.67. The Morgan fingerprint density at radius 1 is 1.05 bits per heavy atom. The van der Waals surface area contributed by atoms with E-state index in [-0.39, 0.29) is 0 Å². The molecule has 4 nitrogen and oxygen atoms in total. The Kier molecular flexibility index (Phi) is 3.92. The first kappa shape index (κ1) is 14.3. The highest BCUT2D eigenvalue weighted by atomic mass is 16.5. The maximum Gasteiger partial charge on any atom is 0.161 e. The molecule has 3 rings (SSSR count). The van der Waals surface area contributed by atoms with Gasteiger partial charge in [0.2, 0.25) is 0 Å². The molecule has 0 unspecified atom stereocenters. The monoisotopic (exact) mass is 297 g/mol. The van der Waals surface area contributed by atoms with Crippen LogP contribution in [0.2, 0.25) is 0 Å². The SMILES string of the molecule is CCn1cc(COc2ccccc2OC)c2cccc(O)c21. The molecule has 1 N–H and O–H groups in total. The minimum atomic E-state index is 0.294. The van der Waals surface area contributed by atoms with Crippen LogP contribution < -0.4 is 9.47 Å². The van der Waals surface area contributed by atoms with Crippen LogP contribution in [0.3, 0.4) is 0 Å². The van der Waals surface area contributed by atoms with E-state index in [9.17, 15) is 5.11 Å². The van der Waals surface area contributed by atoms with Crippen LogP contribution in [0.25, 0.3) is 10.9 Å². The van der Waals surface area contributed by atoms with E-state index in [2.05, 4.69) is 6.92 Å². The summed E-state index contributed by atoms with van der Waals surface area (Å²) in [4.78, 5) is 0. The van der Waals surface area contributed by atoms with Crippen LogP contribution in [0.1, 0.15) is 12.5 Å². The van der Waals surface area contributed by atoms with Crippen molar-refractivity contribution in [1.82, 2.24) is 4.57 Å². The average Bonchev–Trinajstić information content (AvgIpc) is 2.92. The van der Waals surface area contributed by atoms with Gasteiger partial charge in [-0.2, -0.15) is 0 Å². The predicted molar refractivity (Wildman–Crippen MR) is 86.6 cm³/mol. The number of aromatic nitrogens is 1. The Bertz CT molecular complexity index is 792. The lowest BCUT2D eigenvalue weighted by molar-refractivity contribution is 0.285. The van der Waals surface area contributed by atoms with Crippen molar-refractivity contribution in [3.05, 3.63) is 54.2 Å². The van der Waals surface area contributed by atoms with Gasteiger partial charge >= 0.3 is 0 Å². The average molecular weight is 297 g/mol. The second kappa shape index (κ2) is 6.02. The Labute approximate surface area is 129 Å². The van der Waals surface area contributed by atoms with Crippen molar-refractivity contribution in [1.29, 1.82) is 0 Å². The van der Waals surface area contributed by atoms with E-state index in [0.717, 1.165) is 23.0 Å². The molecule has 0 amide bonds. The molecule has 1 heterocycles. The van der Waals surface area contributed by atoms with Crippen LogP contribution >= 0.6 is 0 Å². The van der Waals surface area contributed by atoms with E-state index < -0.39 is 0 Å². The molecule has 114 valence electrons. The Hall–Kier alpha value is -2.62. The molecule has 0 radical (unpaired) electrons. The molecule has 2 aromatic carbocycles. The fourth-order valence-corrected chi connectivity index (χ4v) is 2.67. The second-order valence-corrected chi connectivity index (χ2v) is 5.05. The number of hydrogen-bond donors (Lipinski definition) is 1. The van der Waals surface area contributed by atoms with Crippen molar-refractivity contribution in [2.75, 3.05) is 7.11 Å².